The monoisotopic (exact) mass is 450 g/mol. The highest BCUT2D eigenvalue weighted by molar-refractivity contribution is 7.92. The van der Waals surface area contributed by atoms with Gasteiger partial charge < -0.3 is 13.9 Å². The molecule has 0 radical (unpaired) electrons. The smallest absolute Gasteiger partial charge is 0.206 e. The van der Waals surface area contributed by atoms with Gasteiger partial charge in [-0.15, -0.1) is 6.58 Å². The average Bonchev–Trinajstić information content (AvgIpc) is 3.02. The molecule has 0 aliphatic carbocycles. The lowest BCUT2D eigenvalue weighted by molar-refractivity contribution is -0.218. The second-order valence-corrected chi connectivity index (χ2v) is 16.7. The maximum absolute atomic E-state index is 13.6. The predicted octanol–water partition coefficient (Wildman–Crippen LogP) is 4.87. The van der Waals surface area contributed by atoms with Gasteiger partial charge in [0.15, 0.2) is 18.2 Å². The Morgan fingerprint density at radius 3 is 2.47 bits per heavy atom. The first-order valence-electron chi connectivity index (χ1n) is 10.5. The summed E-state index contributed by atoms with van der Waals surface area (Å²) in [6.07, 6.45) is 6.34. The fourth-order valence-corrected chi connectivity index (χ4v) is 6.65. The maximum atomic E-state index is 13.6. The van der Waals surface area contributed by atoms with Crippen molar-refractivity contribution >= 4 is 18.2 Å². The minimum Gasteiger partial charge on any atom is -0.414 e. The highest BCUT2D eigenvalue weighted by atomic mass is 32.2. The topological polar surface area (TPSA) is 61.8 Å². The van der Waals surface area contributed by atoms with Crippen molar-refractivity contribution in [2.75, 3.05) is 13.2 Å². The van der Waals surface area contributed by atoms with E-state index in [1.807, 2.05) is 6.08 Å². The van der Waals surface area contributed by atoms with E-state index in [1.165, 1.54) is 0 Å². The van der Waals surface area contributed by atoms with E-state index < -0.39 is 34.8 Å². The SMILES string of the molecule is C=C[C@]1(CO[Si](C)(C)C(C)(C)C)C[C@H](S(=O)(=O)c2ccccc2)C2(C=CCCO2)O1. The van der Waals surface area contributed by atoms with Crippen molar-refractivity contribution in [2.24, 2.45) is 0 Å². The highest BCUT2D eigenvalue weighted by Crippen LogP contribution is 2.48. The minimum absolute atomic E-state index is 0.0302. The van der Waals surface area contributed by atoms with Gasteiger partial charge in [0.1, 0.15) is 10.9 Å². The molecule has 1 unspecified atom stereocenters. The fourth-order valence-electron chi connectivity index (χ4n) is 3.62. The van der Waals surface area contributed by atoms with Crippen molar-refractivity contribution in [3.05, 3.63) is 55.1 Å². The molecule has 166 valence electrons. The van der Waals surface area contributed by atoms with Crippen LogP contribution in [-0.4, -0.2) is 46.6 Å². The summed E-state index contributed by atoms with van der Waals surface area (Å²) >= 11 is 0. The third-order valence-electron chi connectivity index (χ3n) is 6.61. The molecule has 1 spiro atoms. The summed E-state index contributed by atoms with van der Waals surface area (Å²) in [7, 11) is -5.77. The zero-order chi connectivity index (χ0) is 22.3. The van der Waals surface area contributed by atoms with E-state index in [1.54, 1.807) is 42.5 Å². The van der Waals surface area contributed by atoms with Crippen molar-refractivity contribution in [3.63, 3.8) is 0 Å². The summed E-state index contributed by atoms with van der Waals surface area (Å²) in [4.78, 5) is 0.269. The zero-order valence-corrected chi connectivity index (χ0v) is 20.5. The molecule has 7 heteroatoms. The van der Waals surface area contributed by atoms with Crippen LogP contribution < -0.4 is 0 Å². The molecule has 2 heterocycles. The molecule has 5 nitrogen and oxygen atoms in total. The summed E-state index contributed by atoms with van der Waals surface area (Å²) in [5.41, 5.74) is -0.941. The summed E-state index contributed by atoms with van der Waals surface area (Å²) in [5.74, 6) is -1.34. The Kier molecular flexibility index (Phi) is 6.26. The van der Waals surface area contributed by atoms with E-state index in [0.29, 0.717) is 6.61 Å². The molecule has 1 aromatic carbocycles. The zero-order valence-electron chi connectivity index (χ0n) is 18.7. The van der Waals surface area contributed by atoms with E-state index in [-0.39, 0.29) is 23.0 Å². The van der Waals surface area contributed by atoms with Gasteiger partial charge in [-0.25, -0.2) is 8.42 Å². The molecule has 0 bridgehead atoms. The molecule has 1 aromatic rings. The Hall–Kier alpha value is -1.25. The summed E-state index contributed by atoms with van der Waals surface area (Å²) in [6.45, 7) is 15.5. The molecular formula is C23H34O5SSi. The summed E-state index contributed by atoms with van der Waals surface area (Å²) in [5, 5.41) is -0.854. The van der Waals surface area contributed by atoms with Crippen molar-refractivity contribution in [2.45, 2.75) is 73.3 Å². The first-order chi connectivity index (χ1) is 13.9. The van der Waals surface area contributed by atoms with Gasteiger partial charge in [-0.05, 0) is 42.8 Å². The molecule has 1 saturated heterocycles. The molecule has 0 amide bonds. The lowest BCUT2D eigenvalue weighted by atomic mass is 9.99. The Bertz CT molecular complexity index is 903. The number of sulfone groups is 1. The second-order valence-electron chi connectivity index (χ2n) is 9.73. The van der Waals surface area contributed by atoms with Gasteiger partial charge in [0.2, 0.25) is 5.79 Å². The van der Waals surface area contributed by atoms with E-state index in [2.05, 4.69) is 40.4 Å². The van der Waals surface area contributed by atoms with E-state index in [0.717, 1.165) is 6.42 Å². The fraction of sp³-hybridized carbons (Fsp3) is 0.565. The van der Waals surface area contributed by atoms with Gasteiger partial charge in [0.25, 0.3) is 0 Å². The first-order valence-corrected chi connectivity index (χ1v) is 14.9. The Labute approximate surface area is 182 Å². The van der Waals surface area contributed by atoms with Crippen LogP contribution in [0.5, 0.6) is 0 Å². The standard InChI is InChI=1S/C23H34O5SSi/c1-7-22(18-27-30(5,6)21(2,3)4)17-20(23(28-22)15-11-12-16-26-23)29(24,25)19-13-9-8-10-14-19/h7-11,13-15,20H,1,12,16-18H2,2-6H3/t20-,22+,23?/m0/s1. The third kappa shape index (κ3) is 4.23. The molecule has 30 heavy (non-hydrogen) atoms. The van der Waals surface area contributed by atoms with Gasteiger partial charge >= 0.3 is 0 Å². The molecule has 2 aliphatic rings. The molecular weight excluding hydrogens is 416 g/mol. The maximum Gasteiger partial charge on any atom is 0.206 e. The molecule has 0 N–H and O–H groups in total. The van der Waals surface area contributed by atoms with Crippen LogP contribution in [0.1, 0.15) is 33.6 Å². The number of rotatable bonds is 6. The number of hydrogen-bond acceptors (Lipinski definition) is 5. The van der Waals surface area contributed by atoms with Gasteiger partial charge in [-0.3, -0.25) is 0 Å². The van der Waals surface area contributed by atoms with Crippen LogP contribution in [0.4, 0.5) is 0 Å². The lowest BCUT2D eigenvalue weighted by Gasteiger charge is -2.40. The van der Waals surface area contributed by atoms with Crippen LogP contribution >= 0.6 is 0 Å². The van der Waals surface area contributed by atoms with Crippen LogP contribution in [0.15, 0.2) is 60.0 Å². The Balaban J connectivity index is 1.98. The van der Waals surface area contributed by atoms with Crippen molar-refractivity contribution in [1.82, 2.24) is 0 Å². The van der Waals surface area contributed by atoms with E-state index in [4.69, 9.17) is 13.9 Å². The Morgan fingerprint density at radius 2 is 1.93 bits per heavy atom. The van der Waals surface area contributed by atoms with Gasteiger partial charge in [0, 0.05) is 6.42 Å². The van der Waals surface area contributed by atoms with Crippen LogP contribution in [0, 0.1) is 0 Å². The van der Waals surface area contributed by atoms with Crippen LogP contribution in [-0.2, 0) is 23.7 Å². The molecule has 3 rings (SSSR count). The van der Waals surface area contributed by atoms with Gasteiger partial charge in [-0.2, -0.15) is 0 Å². The van der Waals surface area contributed by atoms with Crippen molar-refractivity contribution in [1.29, 1.82) is 0 Å². The first kappa shape index (κ1) is 23.4. The summed E-state index contributed by atoms with van der Waals surface area (Å²) in [6, 6.07) is 8.51. The average molecular weight is 451 g/mol. The van der Waals surface area contributed by atoms with Crippen LogP contribution in [0.25, 0.3) is 0 Å². The minimum atomic E-state index is -3.70. The van der Waals surface area contributed by atoms with Crippen molar-refractivity contribution in [3.8, 4) is 0 Å². The molecule has 1 fully saturated rings. The molecule has 0 aromatic heterocycles. The number of ether oxygens (including phenoxy) is 2. The number of hydrogen-bond donors (Lipinski definition) is 0. The largest absolute Gasteiger partial charge is 0.414 e. The predicted molar refractivity (Wildman–Crippen MR) is 122 cm³/mol. The molecule has 3 atom stereocenters. The number of benzene rings is 1. The third-order valence-corrected chi connectivity index (χ3v) is 13.3. The highest BCUT2D eigenvalue weighted by Gasteiger charge is 2.61. The quantitative estimate of drug-likeness (QED) is 0.457. The molecule has 0 saturated carbocycles. The lowest BCUT2D eigenvalue weighted by Crippen LogP contribution is -2.48. The normalized spacial score (nSPS) is 30.0. The van der Waals surface area contributed by atoms with E-state index >= 15 is 0 Å². The van der Waals surface area contributed by atoms with Gasteiger partial charge in [-0.1, -0.05) is 51.1 Å². The van der Waals surface area contributed by atoms with Crippen LogP contribution in [0.2, 0.25) is 18.1 Å². The summed E-state index contributed by atoms with van der Waals surface area (Å²) < 4.78 is 46.1. The van der Waals surface area contributed by atoms with E-state index in [9.17, 15) is 8.42 Å². The van der Waals surface area contributed by atoms with Crippen LogP contribution in [0.3, 0.4) is 0 Å². The van der Waals surface area contributed by atoms with Crippen molar-refractivity contribution < 1.29 is 22.3 Å². The molecule has 2 aliphatic heterocycles. The Morgan fingerprint density at radius 1 is 1.27 bits per heavy atom. The van der Waals surface area contributed by atoms with Gasteiger partial charge in [0.05, 0.1) is 18.1 Å². The second kappa shape index (κ2) is 8.02.